The van der Waals surface area contributed by atoms with Gasteiger partial charge in [0, 0.05) is 31.7 Å². The number of sulfone groups is 1. The largest absolute Gasteiger partial charge is 0.272 e. The number of rotatable bonds is 7. The summed E-state index contributed by atoms with van der Waals surface area (Å²) in [5.74, 6) is 0.0303. The van der Waals surface area contributed by atoms with Crippen molar-refractivity contribution in [2.75, 3.05) is 12.8 Å². The highest BCUT2D eigenvalue weighted by Crippen LogP contribution is 2.15. The van der Waals surface area contributed by atoms with E-state index in [0.717, 1.165) is 12.3 Å². The van der Waals surface area contributed by atoms with E-state index >= 15 is 0 Å². The summed E-state index contributed by atoms with van der Waals surface area (Å²) in [7, 11) is -7.22. The summed E-state index contributed by atoms with van der Waals surface area (Å²) >= 11 is 0. The molecular formula is C14H19N3O4S2. The van der Waals surface area contributed by atoms with Crippen LogP contribution < -0.4 is 4.72 Å². The van der Waals surface area contributed by atoms with Gasteiger partial charge < -0.3 is 0 Å². The molecule has 1 aromatic heterocycles. The summed E-state index contributed by atoms with van der Waals surface area (Å²) < 4.78 is 51.9. The summed E-state index contributed by atoms with van der Waals surface area (Å²) in [4.78, 5) is -0.0864. The zero-order valence-corrected chi connectivity index (χ0v) is 14.5. The molecular weight excluding hydrogens is 338 g/mol. The van der Waals surface area contributed by atoms with Crippen LogP contribution >= 0.6 is 0 Å². The molecule has 0 radical (unpaired) electrons. The predicted molar refractivity (Wildman–Crippen MR) is 86.1 cm³/mol. The van der Waals surface area contributed by atoms with Gasteiger partial charge in [-0.1, -0.05) is 13.0 Å². The molecule has 0 saturated heterocycles. The summed E-state index contributed by atoms with van der Waals surface area (Å²) in [6.07, 6.45) is 4.51. The highest BCUT2D eigenvalue weighted by molar-refractivity contribution is 7.91. The van der Waals surface area contributed by atoms with Crippen molar-refractivity contribution in [1.29, 1.82) is 0 Å². The smallest absolute Gasteiger partial charge is 0.240 e. The van der Waals surface area contributed by atoms with E-state index < -0.39 is 19.9 Å². The van der Waals surface area contributed by atoms with Crippen LogP contribution in [-0.2, 0) is 26.4 Å². The number of sulfonamides is 1. The molecule has 1 aromatic carbocycles. The van der Waals surface area contributed by atoms with E-state index in [-0.39, 0.29) is 22.3 Å². The zero-order chi connectivity index (χ0) is 17.1. The molecule has 0 aliphatic rings. The minimum atomic E-state index is -3.76. The van der Waals surface area contributed by atoms with Gasteiger partial charge in [-0.25, -0.2) is 21.6 Å². The van der Waals surface area contributed by atoms with Gasteiger partial charge in [0.05, 0.1) is 9.79 Å². The van der Waals surface area contributed by atoms with Crippen LogP contribution in [0.3, 0.4) is 0 Å². The fourth-order valence-electron chi connectivity index (χ4n) is 2.00. The van der Waals surface area contributed by atoms with E-state index in [1.165, 1.54) is 18.2 Å². The summed E-state index contributed by atoms with van der Waals surface area (Å²) in [6.45, 7) is 2.71. The van der Waals surface area contributed by atoms with Gasteiger partial charge in [0.15, 0.2) is 9.84 Å². The van der Waals surface area contributed by atoms with Crippen LogP contribution in [-0.4, -0.2) is 39.4 Å². The van der Waals surface area contributed by atoms with Crippen molar-refractivity contribution < 1.29 is 16.8 Å². The molecule has 7 nitrogen and oxygen atoms in total. The standard InChI is InChI=1S/C14H19N3O4S2/c1-12(11-17-8-4-7-15-17)10-16-23(20,21)14-6-3-5-13(9-14)22(2,18)19/h3-9,12,16H,10-11H2,1-2H3. The number of hydrogen-bond acceptors (Lipinski definition) is 5. The highest BCUT2D eigenvalue weighted by Gasteiger charge is 2.18. The van der Waals surface area contributed by atoms with Gasteiger partial charge >= 0.3 is 0 Å². The van der Waals surface area contributed by atoms with Crippen molar-refractivity contribution in [3.05, 3.63) is 42.7 Å². The number of nitrogens with one attached hydrogen (secondary N) is 1. The van der Waals surface area contributed by atoms with Crippen molar-refractivity contribution >= 4 is 19.9 Å². The summed E-state index contributed by atoms with van der Waals surface area (Å²) in [5.41, 5.74) is 0. The molecule has 1 heterocycles. The Kier molecular flexibility index (Phi) is 5.23. The van der Waals surface area contributed by atoms with Gasteiger partial charge in [-0.3, -0.25) is 4.68 Å². The molecule has 0 spiro atoms. The molecule has 1 unspecified atom stereocenters. The molecule has 0 aliphatic carbocycles. The Bertz CT molecular complexity index is 859. The van der Waals surface area contributed by atoms with Gasteiger partial charge in [0.25, 0.3) is 0 Å². The monoisotopic (exact) mass is 357 g/mol. The Morgan fingerprint density at radius 3 is 2.48 bits per heavy atom. The quantitative estimate of drug-likeness (QED) is 0.794. The minimum Gasteiger partial charge on any atom is -0.272 e. The third kappa shape index (κ3) is 4.88. The predicted octanol–water partition coefficient (Wildman–Crippen LogP) is 0.901. The summed E-state index contributed by atoms with van der Waals surface area (Å²) in [5, 5.41) is 4.07. The van der Waals surface area contributed by atoms with E-state index in [9.17, 15) is 16.8 Å². The maximum atomic E-state index is 12.3. The van der Waals surface area contributed by atoms with Crippen LogP contribution in [0.25, 0.3) is 0 Å². The first-order chi connectivity index (χ1) is 10.7. The van der Waals surface area contributed by atoms with E-state index in [4.69, 9.17) is 0 Å². The first kappa shape index (κ1) is 17.6. The maximum absolute atomic E-state index is 12.3. The van der Waals surface area contributed by atoms with Gasteiger partial charge in [-0.15, -0.1) is 0 Å². The normalized spacial score (nSPS) is 13.8. The number of nitrogens with zero attached hydrogens (tertiary/aromatic N) is 2. The van der Waals surface area contributed by atoms with Crippen molar-refractivity contribution in [3.8, 4) is 0 Å². The third-order valence-corrected chi connectivity index (χ3v) is 5.76. The number of benzene rings is 1. The molecule has 2 aromatic rings. The second kappa shape index (κ2) is 6.81. The van der Waals surface area contributed by atoms with Gasteiger partial charge in [-0.05, 0) is 30.2 Å². The first-order valence-corrected chi connectivity index (χ1v) is 10.3. The number of aromatic nitrogens is 2. The molecule has 0 aliphatic heterocycles. The lowest BCUT2D eigenvalue weighted by molar-refractivity contribution is 0.443. The molecule has 126 valence electrons. The molecule has 23 heavy (non-hydrogen) atoms. The fourth-order valence-corrected chi connectivity index (χ4v) is 3.95. The first-order valence-electron chi connectivity index (χ1n) is 6.96. The molecule has 2 rings (SSSR count). The van der Waals surface area contributed by atoms with E-state index in [2.05, 4.69) is 9.82 Å². The Labute approximate surface area is 136 Å². The van der Waals surface area contributed by atoms with E-state index in [0.29, 0.717) is 6.54 Å². The third-order valence-electron chi connectivity index (χ3n) is 3.22. The Morgan fingerprint density at radius 1 is 1.17 bits per heavy atom. The molecule has 0 fully saturated rings. The Hall–Kier alpha value is -1.71. The summed E-state index contributed by atoms with van der Waals surface area (Å²) in [6, 6.07) is 7.12. The van der Waals surface area contributed by atoms with Gasteiger partial charge in [0.1, 0.15) is 0 Å². The molecule has 1 atom stereocenters. The van der Waals surface area contributed by atoms with Gasteiger partial charge in [0.2, 0.25) is 10.0 Å². The van der Waals surface area contributed by atoms with Crippen LogP contribution in [0, 0.1) is 5.92 Å². The van der Waals surface area contributed by atoms with Crippen LogP contribution in [0.1, 0.15) is 6.92 Å². The fraction of sp³-hybridized carbons (Fsp3) is 0.357. The van der Waals surface area contributed by atoms with Crippen molar-refractivity contribution in [2.24, 2.45) is 5.92 Å². The molecule has 1 N–H and O–H groups in total. The van der Waals surface area contributed by atoms with E-state index in [1.807, 2.05) is 6.92 Å². The van der Waals surface area contributed by atoms with Crippen LogP contribution in [0.4, 0.5) is 0 Å². The number of hydrogen-bond donors (Lipinski definition) is 1. The minimum absolute atomic E-state index is 0.0232. The molecule has 0 bridgehead atoms. The SMILES string of the molecule is CC(CNS(=O)(=O)c1cccc(S(C)(=O)=O)c1)Cn1cccn1. The van der Waals surface area contributed by atoms with Crippen LogP contribution in [0.15, 0.2) is 52.5 Å². The van der Waals surface area contributed by atoms with Gasteiger partial charge in [-0.2, -0.15) is 5.10 Å². The second-order valence-electron chi connectivity index (χ2n) is 5.43. The average molecular weight is 357 g/mol. The van der Waals surface area contributed by atoms with Crippen molar-refractivity contribution in [3.63, 3.8) is 0 Å². The Morgan fingerprint density at radius 2 is 1.87 bits per heavy atom. The van der Waals surface area contributed by atoms with Crippen molar-refractivity contribution in [2.45, 2.75) is 23.3 Å². The van der Waals surface area contributed by atoms with E-state index in [1.54, 1.807) is 23.1 Å². The molecule has 0 amide bonds. The van der Waals surface area contributed by atoms with Crippen molar-refractivity contribution in [1.82, 2.24) is 14.5 Å². The zero-order valence-electron chi connectivity index (χ0n) is 12.9. The lowest BCUT2D eigenvalue weighted by Crippen LogP contribution is -2.30. The molecule has 9 heteroatoms. The Balaban J connectivity index is 2.07. The molecule has 0 saturated carbocycles. The lowest BCUT2D eigenvalue weighted by atomic mass is 10.2. The van der Waals surface area contributed by atoms with Crippen LogP contribution in [0.5, 0.6) is 0 Å². The second-order valence-corrected chi connectivity index (χ2v) is 9.21. The highest BCUT2D eigenvalue weighted by atomic mass is 32.2. The lowest BCUT2D eigenvalue weighted by Gasteiger charge is -2.13. The maximum Gasteiger partial charge on any atom is 0.240 e. The topological polar surface area (TPSA) is 98.1 Å². The van der Waals surface area contributed by atoms with Crippen LogP contribution in [0.2, 0.25) is 0 Å². The average Bonchev–Trinajstić information content (AvgIpc) is 2.97.